The van der Waals surface area contributed by atoms with Gasteiger partial charge in [-0.1, -0.05) is 28.9 Å². The second-order valence-corrected chi connectivity index (χ2v) is 7.45. The molecule has 0 aliphatic carbocycles. The fourth-order valence-electron chi connectivity index (χ4n) is 3.67. The van der Waals surface area contributed by atoms with Gasteiger partial charge in [-0.2, -0.15) is 4.98 Å². The van der Waals surface area contributed by atoms with Crippen molar-refractivity contribution in [2.24, 2.45) is 0 Å². The van der Waals surface area contributed by atoms with Gasteiger partial charge < -0.3 is 18.6 Å². The van der Waals surface area contributed by atoms with E-state index in [9.17, 15) is 0 Å². The van der Waals surface area contributed by atoms with Gasteiger partial charge in [0.15, 0.2) is 0 Å². The van der Waals surface area contributed by atoms with Gasteiger partial charge in [0.2, 0.25) is 0 Å². The zero-order chi connectivity index (χ0) is 19.6. The van der Waals surface area contributed by atoms with Gasteiger partial charge in [0.1, 0.15) is 29.0 Å². The Morgan fingerprint density at radius 2 is 2.03 bits per heavy atom. The summed E-state index contributed by atoms with van der Waals surface area (Å²) in [7, 11) is 0. The number of hydrogen-bond acceptors (Lipinski definition) is 7. The molecule has 1 saturated heterocycles. The van der Waals surface area contributed by atoms with Gasteiger partial charge >= 0.3 is 0 Å². The third-order valence-corrected chi connectivity index (χ3v) is 5.30. The molecule has 3 aromatic heterocycles. The minimum Gasteiger partial charge on any atom is -0.467 e. The van der Waals surface area contributed by atoms with Crippen LogP contribution in [0.25, 0.3) is 22.4 Å². The third kappa shape index (κ3) is 3.71. The Morgan fingerprint density at radius 3 is 2.79 bits per heavy atom. The Kier molecular flexibility index (Phi) is 4.91. The average molecular weight is 411 g/mol. The molecular weight excluding hydrogens is 392 g/mol. The van der Waals surface area contributed by atoms with E-state index in [2.05, 4.69) is 20.0 Å². The van der Waals surface area contributed by atoms with Crippen LogP contribution in [0.4, 0.5) is 5.82 Å². The molecule has 0 spiro atoms. The molecule has 1 aliphatic rings. The number of benzene rings is 1. The lowest BCUT2D eigenvalue weighted by molar-refractivity contribution is 0.115. The maximum atomic E-state index is 6.05. The van der Waals surface area contributed by atoms with Crippen LogP contribution in [0.2, 0.25) is 5.02 Å². The van der Waals surface area contributed by atoms with E-state index in [1.807, 2.05) is 36.4 Å². The molecule has 0 saturated carbocycles. The molecule has 1 fully saturated rings. The number of fused-ring (bicyclic) bond motifs is 1. The number of halogens is 1. The molecule has 1 aromatic carbocycles. The molecule has 29 heavy (non-hydrogen) atoms. The number of anilines is 1. The number of rotatable bonds is 6. The van der Waals surface area contributed by atoms with Gasteiger partial charge in [-0.3, -0.25) is 0 Å². The van der Waals surface area contributed by atoms with E-state index in [0.717, 1.165) is 42.0 Å². The molecule has 0 unspecified atom stereocenters. The Bertz CT molecular complexity index is 1090. The third-order valence-electron chi connectivity index (χ3n) is 5.04. The van der Waals surface area contributed by atoms with Crippen molar-refractivity contribution in [1.82, 2.24) is 15.1 Å². The predicted octanol–water partition coefficient (Wildman–Crippen LogP) is 4.72. The van der Waals surface area contributed by atoms with Gasteiger partial charge in [0, 0.05) is 23.7 Å². The molecule has 0 bridgehead atoms. The van der Waals surface area contributed by atoms with Crippen molar-refractivity contribution < 1.29 is 13.7 Å². The van der Waals surface area contributed by atoms with Gasteiger partial charge in [-0.15, -0.1) is 0 Å². The van der Waals surface area contributed by atoms with Crippen LogP contribution in [0.1, 0.15) is 18.6 Å². The van der Waals surface area contributed by atoms with Crippen molar-refractivity contribution >= 4 is 28.5 Å². The minimum atomic E-state index is 0.147. The Morgan fingerprint density at radius 1 is 1.14 bits per heavy atom. The monoisotopic (exact) mass is 410 g/mol. The standard InChI is InChI=1S/C21H19ClN4O3/c22-15-7-5-14(6-8-15)19-18-20(23-13-24-21(18)29-25-19)26(11-16-3-1-9-27-16)12-17-4-2-10-28-17/h1,3,5-9,13,17H,2,4,10-12H2/t17-/m1/s1. The van der Waals surface area contributed by atoms with Gasteiger partial charge in [-0.25, -0.2) is 4.98 Å². The summed E-state index contributed by atoms with van der Waals surface area (Å²) < 4.78 is 17.0. The first-order valence-electron chi connectivity index (χ1n) is 9.53. The second-order valence-electron chi connectivity index (χ2n) is 7.01. The molecule has 4 heterocycles. The first-order valence-corrected chi connectivity index (χ1v) is 9.91. The number of aromatic nitrogens is 3. The van der Waals surface area contributed by atoms with Crippen molar-refractivity contribution in [2.45, 2.75) is 25.5 Å². The van der Waals surface area contributed by atoms with E-state index in [1.54, 1.807) is 6.26 Å². The highest BCUT2D eigenvalue weighted by atomic mass is 35.5. The summed E-state index contributed by atoms with van der Waals surface area (Å²) in [5.41, 5.74) is 2.01. The quantitative estimate of drug-likeness (QED) is 0.455. The molecule has 0 N–H and O–H groups in total. The van der Waals surface area contributed by atoms with Crippen molar-refractivity contribution in [1.29, 1.82) is 0 Å². The number of hydrogen-bond donors (Lipinski definition) is 0. The minimum absolute atomic E-state index is 0.147. The SMILES string of the molecule is Clc1ccc(-c2noc3ncnc(N(Cc4ccco4)C[C@H]4CCCO4)c23)cc1. The highest BCUT2D eigenvalue weighted by molar-refractivity contribution is 6.30. The fourth-order valence-corrected chi connectivity index (χ4v) is 3.79. The highest BCUT2D eigenvalue weighted by Crippen LogP contribution is 2.34. The van der Waals surface area contributed by atoms with Crippen LogP contribution in [0.15, 0.2) is 57.9 Å². The number of ether oxygens (including phenoxy) is 1. The molecule has 1 aliphatic heterocycles. The molecule has 1 atom stereocenters. The van der Waals surface area contributed by atoms with E-state index < -0.39 is 0 Å². The van der Waals surface area contributed by atoms with Crippen LogP contribution >= 0.6 is 11.6 Å². The van der Waals surface area contributed by atoms with Gasteiger partial charge in [-0.05, 0) is 37.1 Å². The molecule has 0 radical (unpaired) electrons. The number of furan rings is 1. The number of nitrogens with zero attached hydrogens (tertiary/aromatic N) is 4. The molecular formula is C21H19ClN4O3. The van der Waals surface area contributed by atoms with Crippen molar-refractivity contribution in [2.75, 3.05) is 18.1 Å². The molecule has 4 aromatic rings. The van der Waals surface area contributed by atoms with E-state index in [4.69, 9.17) is 25.3 Å². The van der Waals surface area contributed by atoms with Crippen molar-refractivity contribution in [3.8, 4) is 11.3 Å². The molecule has 5 rings (SSSR count). The smallest absolute Gasteiger partial charge is 0.263 e. The van der Waals surface area contributed by atoms with Crippen LogP contribution in [-0.4, -0.2) is 34.4 Å². The Balaban J connectivity index is 1.59. The van der Waals surface area contributed by atoms with E-state index in [1.165, 1.54) is 6.33 Å². The Labute approximate surface area is 172 Å². The zero-order valence-corrected chi connectivity index (χ0v) is 16.4. The maximum Gasteiger partial charge on any atom is 0.263 e. The topological polar surface area (TPSA) is 77.4 Å². The first kappa shape index (κ1) is 18.1. The molecule has 0 amide bonds. The lowest BCUT2D eigenvalue weighted by Gasteiger charge is -2.26. The van der Waals surface area contributed by atoms with Crippen LogP contribution in [-0.2, 0) is 11.3 Å². The second kappa shape index (κ2) is 7.85. The summed E-state index contributed by atoms with van der Waals surface area (Å²) in [5.74, 6) is 1.59. The van der Waals surface area contributed by atoms with Gasteiger partial charge in [0.25, 0.3) is 5.71 Å². The summed E-state index contributed by atoms with van der Waals surface area (Å²) in [6.07, 6.45) is 5.42. The lowest BCUT2D eigenvalue weighted by atomic mass is 10.1. The van der Waals surface area contributed by atoms with Crippen LogP contribution in [0.5, 0.6) is 0 Å². The first-order chi connectivity index (χ1) is 14.3. The molecule has 148 valence electrons. The van der Waals surface area contributed by atoms with Crippen LogP contribution in [0, 0.1) is 0 Å². The van der Waals surface area contributed by atoms with Crippen LogP contribution < -0.4 is 4.90 Å². The predicted molar refractivity (Wildman–Crippen MR) is 109 cm³/mol. The van der Waals surface area contributed by atoms with Crippen molar-refractivity contribution in [3.63, 3.8) is 0 Å². The van der Waals surface area contributed by atoms with E-state index in [0.29, 0.717) is 29.5 Å². The fraction of sp³-hybridized carbons (Fsp3) is 0.286. The summed E-state index contributed by atoms with van der Waals surface area (Å²) in [6.45, 7) is 2.05. The molecule has 8 heteroatoms. The van der Waals surface area contributed by atoms with Crippen LogP contribution in [0.3, 0.4) is 0 Å². The van der Waals surface area contributed by atoms with Crippen molar-refractivity contribution in [3.05, 3.63) is 59.8 Å². The normalized spacial score (nSPS) is 16.5. The lowest BCUT2D eigenvalue weighted by Crippen LogP contribution is -2.32. The highest BCUT2D eigenvalue weighted by Gasteiger charge is 2.25. The average Bonchev–Trinajstić information content (AvgIpc) is 3.50. The summed E-state index contributed by atoms with van der Waals surface area (Å²) in [6, 6.07) is 11.3. The zero-order valence-electron chi connectivity index (χ0n) is 15.6. The van der Waals surface area contributed by atoms with E-state index >= 15 is 0 Å². The summed E-state index contributed by atoms with van der Waals surface area (Å²) in [5, 5.41) is 5.69. The largest absolute Gasteiger partial charge is 0.467 e. The summed E-state index contributed by atoms with van der Waals surface area (Å²) >= 11 is 6.05. The molecule has 7 nitrogen and oxygen atoms in total. The maximum absolute atomic E-state index is 6.05. The summed E-state index contributed by atoms with van der Waals surface area (Å²) in [4.78, 5) is 11.0. The van der Waals surface area contributed by atoms with Gasteiger partial charge in [0.05, 0.1) is 18.9 Å². The van der Waals surface area contributed by atoms with E-state index in [-0.39, 0.29) is 6.10 Å². The Hall–Kier alpha value is -2.90.